The number of hydrogen-bond acceptors (Lipinski definition) is 5. The SMILES string of the molecule is CCOC(=O)CC(=O)Nc1cnn(-c2ccccn2)c1. The van der Waals surface area contributed by atoms with E-state index in [9.17, 15) is 9.59 Å². The lowest BCUT2D eigenvalue weighted by molar-refractivity contribution is -0.145. The van der Waals surface area contributed by atoms with E-state index in [1.165, 1.54) is 10.9 Å². The fourth-order valence-corrected chi connectivity index (χ4v) is 1.55. The van der Waals surface area contributed by atoms with E-state index in [0.29, 0.717) is 11.5 Å². The molecule has 20 heavy (non-hydrogen) atoms. The maximum Gasteiger partial charge on any atom is 0.315 e. The molecule has 2 heterocycles. The average Bonchev–Trinajstić information content (AvgIpc) is 2.88. The van der Waals surface area contributed by atoms with Crippen LogP contribution in [0.15, 0.2) is 36.8 Å². The molecule has 0 aromatic carbocycles. The molecule has 104 valence electrons. The van der Waals surface area contributed by atoms with Gasteiger partial charge in [0, 0.05) is 6.20 Å². The zero-order valence-corrected chi connectivity index (χ0v) is 10.9. The Kier molecular flexibility index (Phi) is 4.43. The van der Waals surface area contributed by atoms with Gasteiger partial charge in [0.15, 0.2) is 5.82 Å². The first kappa shape index (κ1) is 13.7. The number of nitrogens with one attached hydrogen (secondary N) is 1. The molecule has 0 aliphatic rings. The van der Waals surface area contributed by atoms with Crippen molar-refractivity contribution in [1.29, 1.82) is 0 Å². The maximum absolute atomic E-state index is 11.6. The molecule has 0 aliphatic carbocycles. The summed E-state index contributed by atoms with van der Waals surface area (Å²) in [6, 6.07) is 5.43. The van der Waals surface area contributed by atoms with Crippen molar-refractivity contribution in [3.05, 3.63) is 36.8 Å². The smallest absolute Gasteiger partial charge is 0.315 e. The second kappa shape index (κ2) is 6.46. The monoisotopic (exact) mass is 274 g/mol. The van der Waals surface area contributed by atoms with Crippen molar-refractivity contribution in [1.82, 2.24) is 14.8 Å². The number of ether oxygens (including phenoxy) is 1. The quantitative estimate of drug-likeness (QED) is 0.653. The van der Waals surface area contributed by atoms with Crippen molar-refractivity contribution in [2.24, 2.45) is 0 Å². The topological polar surface area (TPSA) is 86.1 Å². The summed E-state index contributed by atoms with van der Waals surface area (Å²) in [6.07, 6.45) is 4.43. The Morgan fingerprint density at radius 1 is 1.40 bits per heavy atom. The Morgan fingerprint density at radius 3 is 2.95 bits per heavy atom. The molecular formula is C13H14N4O3. The summed E-state index contributed by atoms with van der Waals surface area (Å²) < 4.78 is 6.22. The van der Waals surface area contributed by atoms with Gasteiger partial charge >= 0.3 is 5.97 Å². The van der Waals surface area contributed by atoms with Gasteiger partial charge in [-0.1, -0.05) is 6.07 Å². The second-order valence-corrected chi connectivity index (χ2v) is 3.89. The highest BCUT2D eigenvalue weighted by Crippen LogP contribution is 2.09. The summed E-state index contributed by atoms with van der Waals surface area (Å²) in [5.41, 5.74) is 0.491. The van der Waals surface area contributed by atoms with E-state index in [1.54, 1.807) is 31.5 Å². The molecule has 0 unspecified atom stereocenters. The lowest BCUT2D eigenvalue weighted by Crippen LogP contribution is -2.17. The predicted octanol–water partition coefficient (Wildman–Crippen LogP) is 1.16. The van der Waals surface area contributed by atoms with E-state index in [4.69, 9.17) is 4.74 Å². The molecule has 2 aromatic heterocycles. The van der Waals surface area contributed by atoms with E-state index in [1.807, 2.05) is 6.07 Å². The van der Waals surface area contributed by atoms with Crippen molar-refractivity contribution in [2.75, 3.05) is 11.9 Å². The molecule has 1 amide bonds. The molecule has 1 N–H and O–H groups in total. The molecule has 2 aromatic rings. The van der Waals surface area contributed by atoms with Gasteiger partial charge in [0.2, 0.25) is 5.91 Å². The van der Waals surface area contributed by atoms with Crippen molar-refractivity contribution in [3.8, 4) is 5.82 Å². The molecule has 2 rings (SSSR count). The fraction of sp³-hybridized carbons (Fsp3) is 0.231. The normalized spacial score (nSPS) is 10.1. The van der Waals surface area contributed by atoms with Crippen LogP contribution in [0.4, 0.5) is 5.69 Å². The summed E-state index contributed by atoms with van der Waals surface area (Å²) >= 11 is 0. The molecule has 0 bridgehead atoms. The van der Waals surface area contributed by atoms with Crippen molar-refractivity contribution in [2.45, 2.75) is 13.3 Å². The van der Waals surface area contributed by atoms with Gasteiger partial charge in [0.1, 0.15) is 6.42 Å². The van der Waals surface area contributed by atoms with Gasteiger partial charge in [0.25, 0.3) is 0 Å². The molecule has 0 spiro atoms. The molecule has 0 aliphatic heterocycles. The van der Waals surface area contributed by atoms with E-state index in [2.05, 4.69) is 15.4 Å². The third kappa shape index (κ3) is 3.64. The van der Waals surface area contributed by atoms with Gasteiger partial charge < -0.3 is 10.1 Å². The van der Waals surface area contributed by atoms with Gasteiger partial charge in [-0.2, -0.15) is 5.10 Å². The number of nitrogens with zero attached hydrogens (tertiary/aromatic N) is 3. The number of aromatic nitrogens is 3. The first-order valence-electron chi connectivity index (χ1n) is 6.10. The number of amides is 1. The molecular weight excluding hydrogens is 260 g/mol. The first-order valence-corrected chi connectivity index (χ1v) is 6.10. The average molecular weight is 274 g/mol. The van der Waals surface area contributed by atoms with Crippen molar-refractivity contribution < 1.29 is 14.3 Å². The van der Waals surface area contributed by atoms with Gasteiger partial charge in [-0.05, 0) is 19.1 Å². The summed E-state index contributed by atoms with van der Waals surface area (Å²) in [5, 5.41) is 6.65. The van der Waals surface area contributed by atoms with Crippen LogP contribution in [0.2, 0.25) is 0 Å². The Bertz CT molecular complexity index is 595. The number of carbonyl (C=O) groups is 2. The van der Waals surface area contributed by atoms with Crippen LogP contribution in [0.5, 0.6) is 0 Å². The maximum atomic E-state index is 11.6. The Morgan fingerprint density at radius 2 is 2.25 bits per heavy atom. The molecule has 7 heteroatoms. The predicted molar refractivity (Wildman–Crippen MR) is 71.2 cm³/mol. The van der Waals surface area contributed by atoms with Gasteiger partial charge in [-0.15, -0.1) is 0 Å². The Balaban J connectivity index is 1.96. The summed E-state index contributed by atoms with van der Waals surface area (Å²) in [6.45, 7) is 1.94. The largest absolute Gasteiger partial charge is 0.466 e. The molecule has 0 saturated heterocycles. The van der Waals surface area contributed by atoms with E-state index >= 15 is 0 Å². The van der Waals surface area contributed by atoms with E-state index in [0.717, 1.165) is 0 Å². The molecule has 7 nitrogen and oxygen atoms in total. The van der Waals surface area contributed by atoms with Crippen molar-refractivity contribution >= 4 is 17.6 Å². The zero-order valence-electron chi connectivity index (χ0n) is 10.9. The van der Waals surface area contributed by atoms with Gasteiger partial charge in [-0.25, -0.2) is 9.67 Å². The van der Waals surface area contributed by atoms with Crippen LogP contribution in [-0.2, 0) is 14.3 Å². The number of rotatable bonds is 5. The van der Waals surface area contributed by atoms with E-state index in [-0.39, 0.29) is 13.0 Å². The second-order valence-electron chi connectivity index (χ2n) is 3.89. The fourth-order valence-electron chi connectivity index (χ4n) is 1.55. The van der Waals surface area contributed by atoms with Crippen LogP contribution in [0.1, 0.15) is 13.3 Å². The number of hydrogen-bond donors (Lipinski definition) is 1. The Hall–Kier alpha value is -2.70. The minimum Gasteiger partial charge on any atom is -0.466 e. The first-order chi connectivity index (χ1) is 9.69. The van der Waals surface area contributed by atoms with E-state index < -0.39 is 11.9 Å². The van der Waals surface area contributed by atoms with Gasteiger partial charge in [0.05, 0.1) is 24.7 Å². The zero-order chi connectivity index (χ0) is 14.4. The van der Waals surface area contributed by atoms with Crippen LogP contribution in [0, 0.1) is 0 Å². The molecule has 0 saturated carbocycles. The molecule has 0 fully saturated rings. The van der Waals surface area contributed by atoms with Crippen molar-refractivity contribution in [3.63, 3.8) is 0 Å². The third-order valence-corrected chi connectivity index (χ3v) is 2.36. The molecule has 0 radical (unpaired) electrons. The number of pyridine rings is 1. The molecule has 0 atom stereocenters. The minimum atomic E-state index is -0.554. The minimum absolute atomic E-state index is 0.254. The Labute approximate surface area is 115 Å². The lowest BCUT2D eigenvalue weighted by atomic mass is 10.4. The highest BCUT2D eigenvalue weighted by Gasteiger charge is 2.11. The highest BCUT2D eigenvalue weighted by atomic mass is 16.5. The summed E-state index contributed by atoms with van der Waals surface area (Å²) in [4.78, 5) is 26.9. The third-order valence-electron chi connectivity index (χ3n) is 2.36. The summed E-state index contributed by atoms with van der Waals surface area (Å²) in [7, 11) is 0. The standard InChI is InChI=1S/C13H14N4O3/c1-2-20-13(19)7-12(18)16-10-8-15-17(9-10)11-5-3-4-6-14-11/h3-6,8-9H,2,7H2,1H3,(H,16,18). The van der Waals surface area contributed by atoms with Crippen LogP contribution < -0.4 is 5.32 Å². The van der Waals surface area contributed by atoms with Crippen LogP contribution in [0.3, 0.4) is 0 Å². The highest BCUT2D eigenvalue weighted by molar-refractivity contribution is 6.01. The van der Waals surface area contributed by atoms with Crippen LogP contribution in [0.25, 0.3) is 5.82 Å². The van der Waals surface area contributed by atoms with Gasteiger partial charge in [-0.3, -0.25) is 9.59 Å². The number of carbonyl (C=O) groups excluding carboxylic acids is 2. The number of esters is 1. The van der Waals surface area contributed by atoms with Crippen LogP contribution >= 0.6 is 0 Å². The lowest BCUT2D eigenvalue weighted by Gasteiger charge is -2.02. The summed E-state index contributed by atoms with van der Waals surface area (Å²) in [5.74, 6) is -0.357. The number of anilines is 1. The van der Waals surface area contributed by atoms with Crippen LogP contribution in [-0.4, -0.2) is 33.2 Å².